The van der Waals surface area contributed by atoms with E-state index in [4.69, 9.17) is 4.42 Å². The first-order chi connectivity index (χ1) is 7.72. The van der Waals surface area contributed by atoms with Gasteiger partial charge in [-0.1, -0.05) is 15.9 Å². The van der Waals surface area contributed by atoms with Crippen LogP contribution in [-0.4, -0.2) is 29.2 Å². The van der Waals surface area contributed by atoms with Crippen molar-refractivity contribution in [3.63, 3.8) is 0 Å². The predicted molar refractivity (Wildman–Crippen MR) is 65.9 cm³/mol. The van der Waals surface area contributed by atoms with Gasteiger partial charge in [0, 0.05) is 24.0 Å². The molecule has 4 heteroatoms. The van der Waals surface area contributed by atoms with E-state index in [1.807, 2.05) is 17.9 Å². The fourth-order valence-corrected chi connectivity index (χ4v) is 2.64. The van der Waals surface area contributed by atoms with Gasteiger partial charge in [-0.25, -0.2) is 0 Å². The van der Waals surface area contributed by atoms with E-state index >= 15 is 0 Å². The summed E-state index contributed by atoms with van der Waals surface area (Å²) in [5, 5.41) is 0.966. The number of carbonyl (C=O) groups excluding carboxylic acids is 1. The first kappa shape index (κ1) is 11.7. The van der Waals surface area contributed by atoms with Crippen molar-refractivity contribution in [2.45, 2.75) is 19.8 Å². The maximum absolute atomic E-state index is 12.2. The predicted octanol–water partition coefficient (Wildman–Crippen LogP) is 2.84. The van der Waals surface area contributed by atoms with Crippen molar-refractivity contribution >= 4 is 21.8 Å². The van der Waals surface area contributed by atoms with Crippen molar-refractivity contribution in [1.29, 1.82) is 0 Å². The van der Waals surface area contributed by atoms with Crippen molar-refractivity contribution < 1.29 is 9.21 Å². The fraction of sp³-hybridized carbons (Fsp3) is 0.583. The van der Waals surface area contributed by atoms with Gasteiger partial charge in [0.05, 0.1) is 6.26 Å². The minimum atomic E-state index is 0.0353. The van der Waals surface area contributed by atoms with Crippen LogP contribution in [0.15, 0.2) is 16.7 Å². The van der Waals surface area contributed by atoms with Gasteiger partial charge in [0.25, 0.3) is 5.91 Å². The van der Waals surface area contributed by atoms with Gasteiger partial charge in [0.2, 0.25) is 0 Å². The molecule has 1 aliphatic heterocycles. The third-order valence-electron chi connectivity index (χ3n) is 3.08. The summed E-state index contributed by atoms with van der Waals surface area (Å²) >= 11 is 3.49. The first-order valence-electron chi connectivity index (χ1n) is 5.61. The van der Waals surface area contributed by atoms with E-state index in [-0.39, 0.29) is 5.91 Å². The number of rotatable bonds is 2. The van der Waals surface area contributed by atoms with Crippen LogP contribution < -0.4 is 0 Å². The van der Waals surface area contributed by atoms with Gasteiger partial charge in [0.15, 0.2) is 5.76 Å². The second-order valence-corrected chi connectivity index (χ2v) is 4.99. The molecular weight excluding hydrogens is 270 g/mol. The highest BCUT2D eigenvalue weighted by molar-refractivity contribution is 9.09. The number of nitrogens with zero attached hydrogens (tertiary/aromatic N) is 1. The minimum absolute atomic E-state index is 0.0353. The Hall–Kier alpha value is -0.770. The summed E-state index contributed by atoms with van der Waals surface area (Å²) in [4.78, 5) is 14.1. The lowest BCUT2D eigenvalue weighted by Crippen LogP contribution is -2.40. The lowest BCUT2D eigenvalue weighted by atomic mass is 10.00. The van der Waals surface area contributed by atoms with E-state index in [1.54, 1.807) is 6.26 Å². The molecule has 3 nitrogen and oxygen atoms in total. The van der Waals surface area contributed by atoms with E-state index in [0.717, 1.165) is 30.4 Å². The Kier molecular flexibility index (Phi) is 3.69. The molecule has 1 fully saturated rings. The highest BCUT2D eigenvalue weighted by Crippen LogP contribution is 2.21. The van der Waals surface area contributed by atoms with E-state index in [9.17, 15) is 4.79 Å². The lowest BCUT2D eigenvalue weighted by Gasteiger charge is -2.31. The van der Waals surface area contributed by atoms with Crippen LogP contribution in [0.1, 0.15) is 29.0 Å². The maximum atomic E-state index is 12.2. The minimum Gasteiger partial charge on any atom is -0.459 e. The summed E-state index contributed by atoms with van der Waals surface area (Å²) in [6.45, 7) is 3.59. The molecule has 1 amide bonds. The van der Waals surface area contributed by atoms with E-state index in [2.05, 4.69) is 15.9 Å². The SMILES string of the molecule is Cc1ccoc1C(=O)N1CCCC(CBr)C1. The van der Waals surface area contributed by atoms with Gasteiger partial charge in [-0.2, -0.15) is 0 Å². The molecule has 0 aliphatic carbocycles. The molecule has 0 aromatic carbocycles. The third-order valence-corrected chi connectivity index (χ3v) is 4.00. The van der Waals surface area contributed by atoms with Crippen molar-refractivity contribution in [2.24, 2.45) is 5.92 Å². The summed E-state index contributed by atoms with van der Waals surface area (Å²) in [5.41, 5.74) is 0.922. The van der Waals surface area contributed by atoms with Gasteiger partial charge in [-0.15, -0.1) is 0 Å². The van der Waals surface area contributed by atoms with Gasteiger partial charge >= 0.3 is 0 Å². The summed E-state index contributed by atoms with van der Waals surface area (Å²) in [5.74, 6) is 1.11. The number of hydrogen-bond donors (Lipinski definition) is 0. The van der Waals surface area contributed by atoms with Crippen LogP contribution in [-0.2, 0) is 0 Å². The molecule has 1 aromatic rings. The molecule has 0 spiro atoms. The number of furan rings is 1. The number of alkyl halides is 1. The van der Waals surface area contributed by atoms with E-state index in [1.165, 1.54) is 6.42 Å². The number of piperidine rings is 1. The second kappa shape index (κ2) is 5.04. The quantitative estimate of drug-likeness (QED) is 0.783. The zero-order valence-corrected chi connectivity index (χ0v) is 11.0. The molecule has 1 aromatic heterocycles. The molecule has 88 valence electrons. The Bertz CT molecular complexity index is 375. The molecule has 0 saturated carbocycles. The second-order valence-electron chi connectivity index (χ2n) is 4.35. The fourth-order valence-electron chi connectivity index (χ4n) is 2.11. The van der Waals surface area contributed by atoms with Crippen LogP contribution in [0.5, 0.6) is 0 Å². The monoisotopic (exact) mass is 285 g/mol. The molecule has 1 saturated heterocycles. The molecule has 0 N–H and O–H groups in total. The number of aryl methyl sites for hydroxylation is 1. The molecule has 1 unspecified atom stereocenters. The third kappa shape index (κ3) is 2.32. The molecule has 1 atom stereocenters. The van der Waals surface area contributed by atoms with Crippen LogP contribution in [0.2, 0.25) is 0 Å². The molecule has 2 heterocycles. The van der Waals surface area contributed by atoms with Gasteiger partial charge in [-0.05, 0) is 31.7 Å². The maximum Gasteiger partial charge on any atom is 0.289 e. The summed E-state index contributed by atoms with van der Waals surface area (Å²) in [6.07, 6.45) is 3.86. The largest absolute Gasteiger partial charge is 0.459 e. The first-order valence-corrected chi connectivity index (χ1v) is 6.74. The zero-order chi connectivity index (χ0) is 11.5. The van der Waals surface area contributed by atoms with Gasteiger partial charge in [-0.3, -0.25) is 4.79 Å². The van der Waals surface area contributed by atoms with Crippen LogP contribution in [0.25, 0.3) is 0 Å². The Balaban J connectivity index is 2.07. The number of halogens is 1. The highest BCUT2D eigenvalue weighted by atomic mass is 79.9. The van der Waals surface area contributed by atoms with Crippen molar-refractivity contribution in [3.8, 4) is 0 Å². The van der Waals surface area contributed by atoms with Crippen LogP contribution in [0.4, 0.5) is 0 Å². The average molecular weight is 286 g/mol. The number of hydrogen-bond acceptors (Lipinski definition) is 2. The van der Waals surface area contributed by atoms with Gasteiger partial charge < -0.3 is 9.32 Å². The Morgan fingerprint density at radius 1 is 1.69 bits per heavy atom. The summed E-state index contributed by atoms with van der Waals surface area (Å²) in [7, 11) is 0. The molecule has 0 bridgehead atoms. The Labute approximate surface area is 104 Å². The van der Waals surface area contributed by atoms with Crippen LogP contribution in [0, 0.1) is 12.8 Å². The number of amides is 1. The van der Waals surface area contributed by atoms with E-state index in [0.29, 0.717) is 11.7 Å². The number of likely N-dealkylation sites (tertiary alicyclic amines) is 1. The molecule has 16 heavy (non-hydrogen) atoms. The average Bonchev–Trinajstić information content (AvgIpc) is 2.74. The van der Waals surface area contributed by atoms with E-state index < -0.39 is 0 Å². The zero-order valence-electron chi connectivity index (χ0n) is 9.41. The van der Waals surface area contributed by atoms with Crippen LogP contribution in [0.3, 0.4) is 0 Å². The van der Waals surface area contributed by atoms with Gasteiger partial charge in [0.1, 0.15) is 0 Å². The van der Waals surface area contributed by atoms with Crippen LogP contribution >= 0.6 is 15.9 Å². The van der Waals surface area contributed by atoms with Crippen molar-refractivity contribution in [3.05, 3.63) is 23.7 Å². The molecule has 0 radical (unpaired) electrons. The van der Waals surface area contributed by atoms with Crippen molar-refractivity contribution in [2.75, 3.05) is 18.4 Å². The normalized spacial score (nSPS) is 21.1. The Morgan fingerprint density at radius 3 is 3.12 bits per heavy atom. The summed E-state index contributed by atoms with van der Waals surface area (Å²) in [6, 6.07) is 1.83. The smallest absolute Gasteiger partial charge is 0.289 e. The summed E-state index contributed by atoms with van der Waals surface area (Å²) < 4.78 is 5.25. The lowest BCUT2D eigenvalue weighted by molar-refractivity contribution is 0.0653. The Morgan fingerprint density at radius 2 is 2.50 bits per heavy atom. The molecule has 2 rings (SSSR count). The molecular formula is C12H16BrNO2. The number of carbonyl (C=O) groups is 1. The standard InChI is InChI=1S/C12H16BrNO2/c1-9-4-6-16-11(9)12(15)14-5-2-3-10(7-13)8-14/h4,6,10H,2-3,5,7-8H2,1H3. The topological polar surface area (TPSA) is 33.5 Å². The molecule has 1 aliphatic rings. The van der Waals surface area contributed by atoms with Crippen molar-refractivity contribution in [1.82, 2.24) is 4.90 Å². The highest BCUT2D eigenvalue weighted by Gasteiger charge is 2.26.